The van der Waals surface area contributed by atoms with Crippen LogP contribution in [-0.2, 0) is 0 Å². The van der Waals surface area contributed by atoms with E-state index in [1.54, 1.807) is 0 Å². The van der Waals surface area contributed by atoms with Crippen LogP contribution in [0.25, 0.3) is 0 Å². The summed E-state index contributed by atoms with van der Waals surface area (Å²) in [5.41, 5.74) is 0.342. The molecular weight excluding hydrogens is 196 g/mol. The highest BCUT2D eigenvalue weighted by atomic mass is 15.2. The molecule has 1 aliphatic heterocycles. The summed E-state index contributed by atoms with van der Waals surface area (Å²) in [5, 5.41) is 3.73. The summed E-state index contributed by atoms with van der Waals surface area (Å²) >= 11 is 0. The van der Waals surface area contributed by atoms with E-state index in [1.165, 1.54) is 51.7 Å². The van der Waals surface area contributed by atoms with Crippen molar-refractivity contribution in [3.63, 3.8) is 0 Å². The summed E-state index contributed by atoms with van der Waals surface area (Å²) in [6.45, 7) is 10.9. The first-order valence-electron chi connectivity index (χ1n) is 7.14. The molecular formula is C14H28N2. The van der Waals surface area contributed by atoms with Crippen molar-refractivity contribution in [3.8, 4) is 0 Å². The smallest absolute Gasteiger partial charge is 0.0277 e. The van der Waals surface area contributed by atoms with Crippen molar-refractivity contribution in [1.29, 1.82) is 0 Å². The first-order chi connectivity index (χ1) is 7.64. The summed E-state index contributed by atoms with van der Waals surface area (Å²) in [5.74, 6) is 0.985. The number of nitrogens with one attached hydrogen (secondary N) is 1. The Morgan fingerprint density at radius 3 is 2.69 bits per heavy atom. The van der Waals surface area contributed by atoms with Gasteiger partial charge in [-0.15, -0.1) is 0 Å². The molecule has 2 rings (SSSR count). The molecule has 1 saturated heterocycles. The lowest BCUT2D eigenvalue weighted by molar-refractivity contribution is 0.0907. The van der Waals surface area contributed by atoms with Gasteiger partial charge in [-0.25, -0.2) is 0 Å². The molecule has 1 aliphatic carbocycles. The summed E-state index contributed by atoms with van der Waals surface area (Å²) in [4.78, 5) is 2.74. The Hall–Kier alpha value is -0.0800. The van der Waals surface area contributed by atoms with Gasteiger partial charge in [0.25, 0.3) is 0 Å². The van der Waals surface area contributed by atoms with Crippen molar-refractivity contribution >= 4 is 0 Å². The van der Waals surface area contributed by atoms with Crippen molar-refractivity contribution in [2.75, 3.05) is 19.6 Å². The Labute approximate surface area is 101 Å². The molecule has 2 heteroatoms. The number of rotatable bonds is 3. The van der Waals surface area contributed by atoms with Crippen LogP contribution in [-0.4, -0.2) is 36.1 Å². The van der Waals surface area contributed by atoms with Crippen molar-refractivity contribution in [2.24, 2.45) is 5.92 Å². The van der Waals surface area contributed by atoms with E-state index in [0.717, 1.165) is 12.0 Å². The van der Waals surface area contributed by atoms with Gasteiger partial charge in [-0.2, -0.15) is 0 Å². The van der Waals surface area contributed by atoms with Crippen molar-refractivity contribution < 1.29 is 0 Å². The highest BCUT2D eigenvalue weighted by Gasteiger charge is 2.33. The predicted molar refractivity (Wildman–Crippen MR) is 69.7 cm³/mol. The zero-order valence-corrected chi connectivity index (χ0v) is 11.3. The summed E-state index contributed by atoms with van der Waals surface area (Å²) < 4.78 is 0. The van der Waals surface area contributed by atoms with Gasteiger partial charge in [-0.1, -0.05) is 13.3 Å². The Morgan fingerprint density at radius 2 is 2.12 bits per heavy atom. The van der Waals surface area contributed by atoms with Crippen LogP contribution in [0.4, 0.5) is 0 Å². The standard InChI is InChI=1S/C14H28N2/c1-4-14(3)11-16(10-6-9-15-14)12(2)13-7-5-8-13/h12-13,15H,4-11H2,1-3H3. The molecule has 2 atom stereocenters. The zero-order valence-electron chi connectivity index (χ0n) is 11.3. The van der Waals surface area contributed by atoms with Gasteiger partial charge in [0.05, 0.1) is 0 Å². The molecule has 0 aromatic carbocycles. The molecule has 1 heterocycles. The van der Waals surface area contributed by atoms with Gasteiger partial charge in [0.15, 0.2) is 0 Å². The van der Waals surface area contributed by atoms with E-state index in [1.807, 2.05) is 0 Å². The molecule has 2 aliphatic rings. The Balaban J connectivity index is 1.96. The molecule has 2 fully saturated rings. The quantitative estimate of drug-likeness (QED) is 0.793. The highest BCUT2D eigenvalue weighted by Crippen LogP contribution is 2.33. The Kier molecular flexibility index (Phi) is 3.91. The fraction of sp³-hybridized carbons (Fsp3) is 1.00. The Bertz CT molecular complexity index is 225. The molecule has 0 aromatic heterocycles. The number of nitrogens with zero attached hydrogens (tertiary/aromatic N) is 1. The molecule has 0 bridgehead atoms. The fourth-order valence-electron chi connectivity index (χ4n) is 3.06. The van der Waals surface area contributed by atoms with E-state index in [2.05, 4.69) is 31.0 Å². The SMILES string of the molecule is CCC1(C)CN(C(C)C2CCC2)CCCN1. The van der Waals surface area contributed by atoms with Gasteiger partial charge in [-0.05, 0) is 58.5 Å². The minimum Gasteiger partial charge on any atom is -0.310 e. The Morgan fingerprint density at radius 1 is 1.38 bits per heavy atom. The maximum atomic E-state index is 3.73. The molecule has 94 valence electrons. The van der Waals surface area contributed by atoms with Crippen molar-refractivity contribution in [2.45, 2.75) is 64.5 Å². The average Bonchev–Trinajstić information content (AvgIpc) is 2.38. The van der Waals surface area contributed by atoms with Gasteiger partial charge < -0.3 is 5.32 Å². The highest BCUT2D eigenvalue weighted by molar-refractivity contribution is 4.92. The third-order valence-corrected chi connectivity index (χ3v) is 4.91. The normalized spacial score (nSPS) is 35.4. The molecule has 1 N–H and O–H groups in total. The second kappa shape index (κ2) is 5.05. The summed E-state index contributed by atoms with van der Waals surface area (Å²) in [7, 11) is 0. The molecule has 0 radical (unpaired) electrons. The van der Waals surface area contributed by atoms with Gasteiger partial charge in [0.1, 0.15) is 0 Å². The van der Waals surface area contributed by atoms with E-state index in [4.69, 9.17) is 0 Å². The predicted octanol–water partition coefficient (Wildman–Crippen LogP) is 2.64. The second-order valence-corrected chi connectivity index (χ2v) is 6.10. The molecule has 0 spiro atoms. The summed E-state index contributed by atoms with van der Waals surface area (Å²) in [6.07, 6.45) is 6.95. The van der Waals surface area contributed by atoms with Crippen LogP contribution < -0.4 is 5.32 Å². The lowest BCUT2D eigenvalue weighted by Crippen LogP contribution is -2.52. The summed E-state index contributed by atoms with van der Waals surface area (Å²) in [6, 6.07) is 0.805. The van der Waals surface area contributed by atoms with Crippen LogP contribution in [0.15, 0.2) is 0 Å². The first-order valence-corrected chi connectivity index (χ1v) is 7.14. The molecule has 0 amide bonds. The molecule has 2 nitrogen and oxygen atoms in total. The van der Waals surface area contributed by atoms with E-state index in [9.17, 15) is 0 Å². The lowest BCUT2D eigenvalue weighted by Gasteiger charge is -2.42. The molecule has 2 unspecified atom stereocenters. The minimum absolute atomic E-state index is 0.342. The number of hydrogen-bond acceptors (Lipinski definition) is 2. The van der Waals surface area contributed by atoms with E-state index in [-0.39, 0.29) is 0 Å². The molecule has 1 saturated carbocycles. The van der Waals surface area contributed by atoms with Gasteiger partial charge in [-0.3, -0.25) is 4.90 Å². The van der Waals surface area contributed by atoms with Crippen LogP contribution in [0, 0.1) is 5.92 Å². The van der Waals surface area contributed by atoms with Crippen LogP contribution in [0.5, 0.6) is 0 Å². The first kappa shape index (κ1) is 12.4. The number of hydrogen-bond donors (Lipinski definition) is 1. The largest absolute Gasteiger partial charge is 0.310 e. The van der Waals surface area contributed by atoms with Crippen molar-refractivity contribution in [1.82, 2.24) is 10.2 Å². The van der Waals surface area contributed by atoms with Crippen LogP contribution in [0.1, 0.15) is 52.9 Å². The van der Waals surface area contributed by atoms with E-state index in [0.29, 0.717) is 5.54 Å². The maximum absolute atomic E-state index is 3.73. The molecule has 0 aromatic rings. The van der Waals surface area contributed by atoms with E-state index < -0.39 is 0 Å². The fourth-order valence-corrected chi connectivity index (χ4v) is 3.06. The van der Waals surface area contributed by atoms with Crippen molar-refractivity contribution in [3.05, 3.63) is 0 Å². The third kappa shape index (κ3) is 2.60. The molecule has 16 heavy (non-hydrogen) atoms. The third-order valence-electron chi connectivity index (χ3n) is 4.91. The lowest BCUT2D eigenvalue weighted by atomic mass is 9.79. The average molecular weight is 224 g/mol. The minimum atomic E-state index is 0.342. The van der Waals surface area contributed by atoms with Crippen LogP contribution in [0.2, 0.25) is 0 Å². The van der Waals surface area contributed by atoms with Gasteiger partial charge in [0.2, 0.25) is 0 Å². The second-order valence-electron chi connectivity index (χ2n) is 6.10. The topological polar surface area (TPSA) is 15.3 Å². The zero-order chi connectivity index (χ0) is 11.6. The van der Waals surface area contributed by atoms with Gasteiger partial charge in [0, 0.05) is 18.1 Å². The van der Waals surface area contributed by atoms with Crippen LogP contribution in [0.3, 0.4) is 0 Å². The monoisotopic (exact) mass is 224 g/mol. The maximum Gasteiger partial charge on any atom is 0.0277 e. The van der Waals surface area contributed by atoms with Gasteiger partial charge >= 0.3 is 0 Å². The van der Waals surface area contributed by atoms with E-state index >= 15 is 0 Å². The van der Waals surface area contributed by atoms with Crippen LogP contribution >= 0.6 is 0 Å².